The van der Waals surface area contributed by atoms with Crippen molar-refractivity contribution in [1.82, 2.24) is 87.2 Å². The lowest BCUT2D eigenvalue weighted by Crippen LogP contribution is -2.61. The fourth-order valence-corrected chi connectivity index (χ4v) is 19.0. The summed E-state index contributed by atoms with van der Waals surface area (Å²) in [6.07, 6.45) is 3.08. The number of carbonyl (C=O) groups is 17. The minimum absolute atomic E-state index is 0.00636. The van der Waals surface area contributed by atoms with Gasteiger partial charge in [0.2, 0.25) is 94.5 Å². The maximum absolute atomic E-state index is 15.8. The SMILES string of the molecule is CC(C)C[C@@H]1NC(=O)C2CC/C=C/CCCCC(NC(=O)[C@H](Cc3cn(CCC(=O)O)c4ccc(C#N)cc34)NC(=O)[C@H](CCN)NC(=O)[C@H](Cc3c[nH]c4ccccc34)NC(=O)[C@@H]3C[C@@H](O)CN3C(=O)[C@H](CC(C)C)NC(O)CNC(=O)[C@H]3CCCN3C(=O)[C@@H](CC(N)=O)NC(=O)[C@@H]3CCCN3C(=O)[C@H](Cc3ccc(O)cc3)NC(=O)CSC[C@@H](C(=O)NCC(N)=O)N(C)C1=O)C(=O)N2C. The number of allylic oxidation sites excluding steroid dienone is 2. The zero-order valence-corrected chi connectivity index (χ0v) is 78.1. The van der Waals surface area contributed by atoms with Gasteiger partial charge in [-0.2, -0.15) is 5.26 Å². The van der Waals surface area contributed by atoms with Gasteiger partial charge in [0.1, 0.15) is 84.5 Å². The summed E-state index contributed by atoms with van der Waals surface area (Å²) in [6.45, 7) is 4.91. The van der Waals surface area contributed by atoms with E-state index in [0.29, 0.717) is 57.8 Å². The first-order chi connectivity index (χ1) is 64.8. The molecule has 2 bridgehead atoms. The predicted molar refractivity (Wildman–Crippen MR) is 497 cm³/mol. The molecule has 5 aliphatic heterocycles. The number of para-hydroxylation sites is 1. The minimum Gasteiger partial charge on any atom is -0.508 e. The van der Waals surface area contributed by atoms with E-state index in [2.05, 4.69) is 64.2 Å². The van der Waals surface area contributed by atoms with Gasteiger partial charge in [0.05, 0.1) is 55.5 Å². The molecule has 15 atom stereocenters. The molecular weight excluding hydrogens is 1780 g/mol. The third-order valence-corrected chi connectivity index (χ3v) is 26.0. The molecular formula is C93H127N21O21S. The van der Waals surface area contributed by atoms with Crippen molar-refractivity contribution >= 4 is 134 Å². The Balaban J connectivity index is 1.02. The Morgan fingerprint density at radius 2 is 1.19 bits per heavy atom. The first-order valence-corrected chi connectivity index (χ1v) is 47.3. The fraction of sp³-hybridized carbons (Fsp3) is 0.548. The number of carbonyl (C=O) groups excluding carboxylic acids is 16. The minimum atomic E-state index is -1.71. The Labute approximate surface area is 790 Å². The number of aryl methyl sites for hydroxylation is 1. The van der Waals surface area contributed by atoms with Crippen LogP contribution >= 0.6 is 11.8 Å². The molecule has 10 rings (SSSR count). The Bertz CT molecular complexity index is 5270. The lowest BCUT2D eigenvalue weighted by molar-refractivity contribution is -0.145. The molecule has 21 N–H and O–H groups in total. The standard InChI is InChI=1S/C93H127N21O21S/c1-51(2)35-66-90(132)110(6)75(85(127)99-45-77(97)118)49-136-50-79(120)102-68(38-53-23-26-57(115)27-24-53)91(133)113-33-16-22-73(113)87(129)108-69(42-76(96)117)92(134)112-32-15-21-72(112)84(126)100-46-78(119)101-67(36-52(3)4)93(135)114-48-58(116)41-74(114)88(130)106-64(39-55-44-98-61-18-14-13-17-59(55)61)82(124)103-62(29-31-94)81(123)105-65(40-56-47-111(34-30-80(121)122)70-28-25-54(43-95)37-60(56)70)83(125)104-63-19-11-9-7-8-10-12-20-71(86(128)107-66)109(5)89(63)131/h8,10,13-14,17-18,23-28,37,44,47,51-52,58,62-69,71-75,78,98,101,115-116,119H,7,9,11-12,15-16,19-22,29-36,38-42,45-46,48-50,94H2,1-6H3,(H2,96,117)(H2,97,118)(H,99,127)(H,100,126)(H,102,120)(H,103,124)(H,104,125)(H,105,123)(H,106,130)(H,107,128)(H,108,129)(H,121,122)/b10-8+/t58-,62+,63?,64+,65+,66+,67+,68+,69-,71?,72-,73+,74+,75+,78?/m1/s1. The molecule has 5 aliphatic rings. The number of aliphatic hydroxyl groups excluding tert-OH is 2. The number of thioether (sulfide) groups is 1. The highest BCUT2D eigenvalue weighted by Crippen LogP contribution is 2.30. The molecule has 43 heteroatoms. The van der Waals surface area contributed by atoms with Crippen molar-refractivity contribution in [1.29, 1.82) is 5.26 Å². The number of likely N-dealkylation sites (N-methyl/N-ethyl adjacent to an activating group) is 2. The third-order valence-electron chi connectivity index (χ3n) is 25.0. The number of aliphatic carboxylic acids is 1. The highest BCUT2D eigenvalue weighted by atomic mass is 32.2. The molecule has 3 unspecified atom stereocenters. The number of aromatic amines is 1. The molecule has 2 aromatic heterocycles. The Morgan fingerprint density at radius 1 is 0.588 bits per heavy atom. The van der Waals surface area contributed by atoms with E-state index >= 15 is 43.2 Å². The number of aliphatic hydroxyl groups is 2. The van der Waals surface area contributed by atoms with Gasteiger partial charge in [-0.05, 0) is 149 Å². The lowest BCUT2D eigenvalue weighted by atomic mass is 9.99. The summed E-state index contributed by atoms with van der Waals surface area (Å²) in [5.41, 5.74) is 20.0. The van der Waals surface area contributed by atoms with Crippen molar-refractivity contribution in [3.8, 4) is 11.8 Å². The Hall–Kier alpha value is -13.0. The number of nitrogens with two attached hydrogens (primary N) is 3. The molecule has 4 saturated heterocycles. The molecule has 4 fully saturated rings. The summed E-state index contributed by atoms with van der Waals surface area (Å²) in [6, 6.07) is 0.147. The molecule has 42 nitrogen and oxygen atoms in total. The number of phenols is 1. The predicted octanol–water partition coefficient (Wildman–Crippen LogP) is -1.84. The van der Waals surface area contributed by atoms with Gasteiger partial charge < -0.3 is 120 Å². The lowest BCUT2D eigenvalue weighted by Gasteiger charge is -2.34. The number of fused-ring (bicyclic) bond motifs is 8. The van der Waals surface area contributed by atoms with Crippen LogP contribution in [0.4, 0.5) is 0 Å². The number of carboxylic acid groups (broad SMARTS) is 1. The zero-order chi connectivity index (χ0) is 98.9. The van der Waals surface area contributed by atoms with Crippen LogP contribution in [0.3, 0.4) is 0 Å². The number of hydrogen-bond donors (Lipinski definition) is 18. The number of aromatic nitrogens is 2. The van der Waals surface area contributed by atoms with E-state index in [1.807, 2.05) is 12.2 Å². The Morgan fingerprint density at radius 3 is 1.86 bits per heavy atom. The summed E-state index contributed by atoms with van der Waals surface area (Å²) in [5, 5.41) is 81.8. The van der Waals surface area contributed by atoms with Crippen molar-refractivity contribution in [2.45, 2.75) is 247 Å². The number of hydrogen-bond acceptors (Lipinski definition) is 24. The van der Waals surface area contributed by atoms with Crippen LogP contribution in [0.1, 0.15) is 153 Å². The first-order valence-electron chi connectivity index (χ1n) is 46.1. The molecule has 0 spiro atoms. The highest BCUT2D eigenvalue weighted by Gasteiger charge is 2.47. The van der Waals surface area contributed by atoms with E-state index < -0.39 is 230 Å². The summed E-state index contributed by atoms with van der Waals surface area (Å²) >= 11 is 0.826. The number of primary amides is 2. The maximum Gasteiger partial charge on any atom is 0.305 e. The Kier molecular flexibility index (Phi) is 38.2. The number of carboxylic acids is 1. The molecule has 0 aliphatic carbocycles. The van der Waals surface area contributed by atoms with Gasteiger partial charge in [-0.15, -0.1) is 11.8 Å². The molecule has 736 valence electrons. The topological polar surface area (TPSA) is 630 Å². The van der Waals surface area contributed by atoms with E-state index in [9.17, 15) is 64.0 Å². The number of nitrogens with one attached hydrogen (secondary N) is 11. The van der Waals surface area contributed by atoms with Crippen molar-refractivity contribution in [2.24, 2.45) is 29.0 Å². The van der Waals surface area contributed by atoms with Crippen LogP contribution in [-0.4, -0.2) is 311 Å². The van der Waals surface area contributed by atoms with Crippen molar-refractivity contribution in [3.63, 3.8) is 0 Å². The summed E-state index contributed by atoms with van der Waals surface area (Å²) in [4.78, 5) is 257. The molecule has 5 aromatic rings. The van der Waals surface area contributed by atoms with Gasteiger partial charge in [-0.25, -0.2) is 0 Å². The molecule has 16 amide bonds. The normalized spacial score (nSPS) is 26.1. The summed E-state index contributed by atoms with van der Waals surface area (Å²) < 4.78 is 1.60. The van der Waals surface area contributed by atoms with Crippen LogP contribution < -0.4 is 70.4 Å². The molecule has 0 saturated carbocycles. The number of β-amino-alcohol motifs (C(OH)–C–C–N with tert-alkyl or cyclic N) is 1. The molecule has 3 aromatic carbocycles. The van der Waals surface area contributed by atoms with E-state index in [4.69, 9.17) is 17.2 Å². The third kappa shape index (κ3) is 28.5. The van der Waals surface area contributed by atoms with E-state index in [0.717, 1.165) is 31.4 Å². The quantitative estimate of drug-likeness (QED) is 0.0381. The molecule has 7 heterocycles. The molecule has 0 radical (unpaired) electrons. The average Bonchev–Trinajstić information content (AvgIpc) is 1.64. The van der Waals surface area contributed by atoms with E-state index in [-0.39, 0.29) is 145 Å². The van der Waals surface area contributed by atoms with Crippen LogP contribution in [0.5, 0.6) is 5.75 Å². The average molecular weight is 1910 g/mol. The van der Waals surface area contributed by atoms with Gasteiger partial charge in [0.15, 0.2) is 0 Å². The summed E-state index contributed by atoms with van der Waals surface area (Å²) in [7, 11) is 2.60. The van der Waals surface area contributed by atoms with Gasteiger partial charge in [-0.3, -0.25) is 86.8 Å². The number of nitrogens with zero attached hydrogens (tertiary/aromatic N) is 7. The number of amides is 16. The smallest absolute Gasteiger partial charge is 0.305 e. The van der Waals surface area contributed by atoms with Crippen LogP contribution in [-0.2, 0) is 107 Å². The molecule has 136 heavy (non-hydrogen) atoms. The summed E-state index contributed by atoms with van der Waals surface area (Å²) in [5.74, 6) is -17.0. The number of phenolic OH excluding ortho intramolecular Hbond substituents is 1. The van der Waals surface area contributed by atoms with Gasteiger partial charge >= 0.3 is 5.97 Å². The van der Waals surface area contributed by atoms with Crippen molar-refractivity contribution in [3.05, 3.63) is 114 Å². The largest absolute Gasteiger partial charge is 0.508 e. The van der Waals surface area contributed by atoms with Gasteiger partial charge in [0.25, 0.3) is 0 Å². The maximum atomic E-state index is 15.8. The van der Waals surface area contributed by atoms with Crippen LogP contribution in [0, 0.1) is 23.2 Å². The fourth-order valence-electron chi connectivity index (χ4n) is 18.0. The van der Waals surface area contributed by atoms with E-state index in [1.165, 1.54) is 55.4 Å². The van der Waals surface area contributed by atoms with Crippen LogP contribution in [0.15, 0.2) is 91.3 Å². The number of aromatic hydroxyl groups is 1. The van der Waals surface area contributed by atoms with Crippen molar-refractivity contribution < 1.29 is 102 Å². The van der Waals surface area contributed by atoms with Gasteiger partial charge in [0, 0.05) is 106 Å². The first kappa shape index (κ1) is 105. The number of benzene rings is 3. The number of nitriles is 1. The second kappa shape index (κ2) is 49.4. The zero-order valence-electron chi connectivity index (χ0n) is 77.3. The van der Waals surface area contributed by atoms with Gasteiger partial charge in [-0.1, -0.05) is 76.6 Å². The number of rotatable bonds is 20. The highest BCUT2D eigenvalue weighted by molar-refractivity contribution is 8.00. The second-order valence-electron chi connectivity index (χ2n) is 36.2. The van der Waals surface area contributed by atoms with E-state index in [1.54, 1.807) is 75.0 Å². The van der Waals surface area contributed by atoms with Crippen LogP contribution in [0.2, 0.25) is 0 Å². The van der Waals surface area contributed by atoms with Crippen molar-refractivity contribution in [2.75, 3.05) is 64.9 Å². The van der Waals surface area contributed by atoms with Crippen LogP contribution in [0.25, 0.3) is 21.8 Å². The number of H-pyrrole nitrogens is 1. The second-order valence-corrected chi connectivity index (χ2v) is 37.2. The monoisotopic (exact) mass is 1910 g/mol.